The van der Waals surface area contributed by atoms with Crippen molar-refractivity contribution in [2.45, 2.75) is 143 Å². The first-order valence-corrected chi connectivity index (χ1v) is 21.9. The first-order chi connectivity index (χ1) is 15.6. The van der Waals surface area contributed by atoms with Crippen LogP contribution in [0.2, 0.25) is 13.3 Å². The van der Waals surface area contributed by atoms with Crippen molar-refractivity contribution in [3.63, 3.8) is 0 Å². The summed E-state index contributed by atoms with van der Waals surface area (Å²) >= 11 is -2.86. The van der Waals surface area contributed by atoms with Crippen LogP contribution in [-0.2, 0) is 4.74 Å². The van der Waals surface area contributed by atoms with Gasteiger partial charge in [-0.25, -0.2) is 0 Å². The third-order valence-electron chi connectivity index (χ3n) is 9.00. The van der Waals surface area contributed by atoms with E-state index in [1.807, 2.05) is 4.90 Å². The number of amides is 1. The van der Waals surface area contributed by atoms with Gasteiger partial charge in [-0.2, -0.15) is 0 Å². The monoisotopic (exact) mass is 569 g/mol. The van der Waals surface area contributed by atoms with E-state index in [1.54, 1.807) is 5.57 Å². The van der Waals surface area contributed by atoms with E-state index in [2.05, 4.69) is 68.4 Å². The fourth-order valence-electron chi connectivity index (χ4n) is 6.77. The molecule has 2 bridgehead atoms. The Bertz CT molecular complexity index is 624. The third-order valence-corrected chi connectivity index (χ3v) is 25.0. The van der Waals surface area contributed by atoms with Crippen LogP contribution in [0.1, 0.15) is 114 Å². The second-order valence-corrected chi connectivity index (χ2v) is 25.8. The third kappa shape index (κ3) is 6.53. The van der Waals surface area contributed by atoms with Crippen LogP contribution in [0, 0.1) is 17.3 Å². The van der Waals surface area contributed by atoms with Crippen LogP contribution in [0.15, 0.2) is 11.6 Å². The van der Waals surface area contributed by atoms with Crippen molar-refractivity contribution in [2.75, 3.05) is 0 Å². The zero-order valence-corrected chi connectivity index (χ0v) is 26.4. The molecule has 3 atom stereocenters. The van der Waals surface area contributed by atoms with Crippen molar-refractivity contribution >= 4 is 24.5 Å². The van der Waals surface area contributed by atoms with Gasteiger partial charge in [-0.3, -0.25) is 0 Å². The van der Waals surface area contributed by atoms with Gasteiger partial charge < -0.3 is 0 Å². The fraction of sp³-hybridized carbons (Fsp3) is 0.897. The molecule has 1 saturated carbocycles. The summed E-state index contributed by atoms with van der Waals surface area (Å²) < 4.78 is 11.1. The number of rotatable bonds is 14. The molecule has 0 unspecified atom stereocenters. The molecule has 0 spiro atoms. The van der Waals surface area contributed by atoms with Gasteiger partial charge in [0.05, 0.1) is 0 Å². The number of ether oxygens (including phenoxy) is 1. The van der Waals surface area contributed by atoms with Gasteiger partial charge in [0.1, 0.15) is 0 Å². The minimum absolute atomic E-state index is 0.0595. The summed E-state index contributed by atoms with van der Waals surface area (Å²) in [5.74, 6) is 1.43. The van der Waals surface area contributed by atoms with E-state index < -0.39 is 18.4 Å². The Labute approximate surface area is 210 Å². The molecular weight excluding hydrogens is 513 g/mol. The number of carbonyl (C=O) groups is 1. The SMILES string of the molecule is CCC[CH2][Sn]([CH2]CCC)([CH2]CCC)[C@H](OC(=O)N(C(C)C)C(C)C)C1=CC[C@H]2C[C@@H]1C2(C)C. The number of nitrogens with zero attached hydrogens (tertiary/aromatic N) is 1. The standard InChI is InChI=1S/C17H28NO2.3C4H9.Sn/c1-11(2)18(12(3)4)16(19)20-10-13-7-8-14-9-15(13)17(14,5)6;3*1-3-4-2;/h7,10-12,14-15H,8-9H2,1-6H3;3*1,3-4H2,2H3;/t14-,15-;;;;/m0..../s1. The van der Waals surface area contributed by atoms with Gasteiger partial charge in [-0.05, 0) is 0 Å². The number of hydrogen-bond donors (Lipinski definition) is 0. The average molecular weight is 568 g/mol. The Morgan fingerprint density at radius 3 is 1.85 bits per heavy atom. The first-order valence-electron chi connectivity index (χ1n) is 14.2. The molecule has 3 nitrogen and oxygen atoms in total. The summed E-state index contributed by atoms with van der Waals surface area (Å²) in [6.07, 6.45) is 12.6. The van der Waals surface area contributed by atoms with Crippen LogP contribution in [-0.4, -0.2) is 45.6 Å². The maximum absolute atomic E-state index is 13.7. The molecule has 33 heavy (non-hydrogen) atoms. The summed E-state index contributed by atoms with van der Waals surface area (Å²) in [5, 5.41) is 0. The van der Waals surface area contributed by atoms with E-state index >= 15 is 0 Å². The molecule has 1 amide bonds. The molecule has 0 aliphatic heterocycles. The molecule has 0 N–H and O–H groups in total. The first kappa shape index (κ1) is 29.0. The zero-order chi connectivity index (χ0) is 24.8. The van der Waals surface area contributed by atoms with E-state index in [-0.39, 0.29) is 22.3 Å². The Morgan fingerprint density at radius 1 is 1.00 bits per heavy atom. The van der Waals surface area contributed by atoms with Crippen LogP contribution >= 0.6 is 0 Å². The molecule has 3 rings (SSSR count). The molecule has 3 aliphatic rings. The normalized spacial score (nSPS) is 22.7. The number of hydrogen-bond acceptors (Lipinski definition) is 2. The number of carbonyl (C=O) groups excluding carboxylic acids is 1. The Morgan fingerprint density at radius 2 is 1.48 bits per heavy atom. The summed E-state index contributed by atoms with van der Waals surface area (Å²) in [7, 11) is 0. The van der Waals surface area contributed by atoms with Crippen molar-refractivity contribution in [1.29, 1.82) is 0 Å². The van der Waals surface area contributed by atoms with Gasteiger partial charge in [0, 0.05) is 0 Å². The maximum atomic E-state index is 13.7. The van der Waals surface area contributed by atoms with Crippen molar-refractivity contribution in [1.82, 2.24) is 4.90 Å². The van der Waals surface area contributed by atoms with Crippen LogP contribution in [0.25, 0.3) is 0 Å². The van der Waals surface area contributed by atoms with Gasteiger partial charge in [0.25, 0.3) is 0 Å². The number of allylic oxidation sites excluding steroid dienone is 1. The van der Waals surface area contributed by atoms with Crippen LogP contribution < -0.4 is 0 Å². The van der Waals surface area contributed by atoms with E-state index in [0.29, 0.717) is 11.3 Å². The van der Waals surface area contributed by atoms with Gasteiger partial charge >= 0.3 is 211 Å². The van der Waals surface area contributed by atoms with Crippen LogP contribution in [0.3, 0.4) is 0 Å². The van der Waals surface area contributed by atoms with Crippen LogP contribution in [0.5, 0.6) is 0 Å². The summed E-state index contributed by atoms with van der Waals surface area (Å²) in [4.78, 5) is 15.7. The molecule has 4 heteroatoms. The Balaban J connectivity index is 2.53. The topological polar surface area (TPSA) is 29.5 Å². The predicted molar refractivity (Wildman–Crippen MR) is 145 cm³/mol. The molecule has 0 aromatic heterocycles. The minimum atomic E-state index is -2.86. The second-order valence-electron chi connectivity index (χ2n) is 12.3. The van der Waals surface area contributed by atoms with Crippen molar-refractivity contribution < 1.29 is 9.53 Å². The summed E-state index contributed by atoms with van der Waals surface area (Å²) in [5.41, 5.74) is 1.92. The molecule has 0 saturated heterocycles. The number of unbranched alkanes of at least 4 members (excludes halogenated alkanes) is 3. The fourth-order valence-corrected chi connectivity index (χ4v) is 24.1. The van der Waals surface area contributed by atoms with E-state index in [0.717, 1.165) is 5.92 Å². The summed E-state index contributed by atoms with van der Waals surface area (Å²) in [6.45, 7) is 20.4. The van der Waals surface area contributed by atoms with Crippen LogP contribution in [0.4, 0.5) is 4.79 Å². The molecule has 1 fully saturated rings. The molecule has 0 radical (unpaired) electrons. The zero-order valence-electron chi connectivity index (χ0n) is 23.5. The molecule has 0 heterocycles. The van der Waals surface area contributed by atoms with E-state index in [9.17, 15) is 4.79 Å². The van der Waals surface area contributed by atoms with Crippen molar-refractivity contribution in [3.8, 4) is 0 Å². The van der Waals surface area contributed by atoms with Gasteiger partial charge in [0.2, 0.25) is 0 Å². The number of fused-ring (bicyclic) bond motifs is 1. The molecule has 0 aromatic rings. The molecular formula is C29H55NO2Sn. The van der Waals surface area contributed by atoms with Crippen molar-refractivity contribution in [3.05, 3.63) is 11.6 Å². The molecule has 0 aromatic carbocycles. The molecule has 3 aliphatic carbocycles. The Hall–Kier alpha value is -0.191. The quantitative estimate of drug-likeness (QED) is 0.155. The van der Waals surface area contributed by atoms with E-state index in [1.165, 1.54) is 64.7 Å². The van der Waals surface area contributed by atoms with Gasteiger partial charge in [0.15, 0.2) is 0 Å². The molecule has 192 valence electrons. The summed E-state index contributed by atoms with van der Waals surface area (Å²) in [6, 6.07) is 0.323. The van der Waals surface area contributed by atoms with Gasteiger partial charge in [-0.1, -0.05) is 0 Å². The van der Waals surface area contributed by atoms with Gasteiger partial charge in [-0.15, -0.1) is 0 Å². The van der Waals surface area contributed by atoms with Crippen molar-refractivity contribution in [2.24, 2.45) is 17.3 Å². The Kier molecular flexibility index (Phi) is 11.2. The average Bonchev–Trinajstić information content (AvgIpc) is 2.76. The predicted octanol–water partition coefficient (Wildman–Crippen LogP) is 8.99. The second kappa shape index (κ2) is 12.7. The van der Waals surface area contributed by atoms with E-state index in [4.69, 9.17) is 4.74 Å².